The molecule has 1 saturated heterocycles. The highest BCUT2D eigenvalue weighted by Gasteiger charge is 2.28. The fraction of sp³-hybridized carbons (Fsp3) is 0.476. The number of primary amides is 1. The fourth-order valence-corrected chi connectivity index (χ4v) is 4.03. The van der Waals surface area contributed by atoms with E-state index in [2.05, 4.69) is 31.0 Å². The van der Waals surface area contributed by atoms with Gasteiger partial charge in [0.1, 0.15) is 17.5 Å². The molecule has 1 aliphatic heterocycles. The predicted molar refractivity (Wildman–Crippen MR) is 117 cm³/mol. The Balaban J connectivity index is 1.40. The van der Waals surface area contributed by atoms with Gasteiger partial charge in [-0.15, -0.1) is 0 Å². The van der Waals surface area contributed by atoms with Gasteiger partial charge in [0.25, 0.3) is 0 Å². The SMILES string of the molecule is N=Nc1cnc(N[C@@H]2CC[C@@H](C(N)=O)C2)nc1Nc1ccc(OC2CCNCC2)cc1. The van der Waals surface area contributed by atoms with Crippen LogP contribution in [0, 0.1) is 11.4 Å². The molecule has 0 bridgehead atoms. The minimum absolute atomic E-state index is 0.0931. The maximum Gasteiger partial charge on any atom is 0.224 e. The average molecular weight is 425 g/mol. The minimum Gasteiger partial charge on any atom is -0.490 e. The van der Waals surface area contributed by atoms with Crippen LogP contribution in [-0.4, -0.2) is 41.1 Å². The van der Waals surface area contributed by atoms with Gasteiger partial charge in [-0.2, -0.15) is 10.1 Å². The van der Waals surface area contributed by atoms with Crippen LogP contribution in [0.4, 0.5) is 23.1 Å². The normalized spacial score (nSPS) is 21.4. The second-order valence-electron chi connectivity index (χ2n) is 8.01. The first-order valence-electron chi connectivity index (χ1n) is 10.7. The number of nitrogens with two attached hydrogens (primary N) is 1. The summed E-state index contributed by atoms with van der Waals surface area (Å²) in [4.78, 5) is 20.1. The number of nitrogens with one attached hydrogen (secondary N) is 4. The van der Waals surface area contributed by atoms with E-state index in [0.717, 1.165) is 50.2 Å². The summed E-state index contributed by atoms with van der Waals surface area (Å²) in [5.41, 5.74) is 14.0. The molecule has 10 heteroatoms. The minimum atomic E-state index is -0.261. The maximum atomic E-state index is 11.4. The van der Waals surface area contributed by atoms with Gasteiger partial charge < -0.3 is 26.4 Å². The lowest BCUT2D eigenvalue weighted by Gasteiger charge is -2.23. The first kappa shape index (κ1) is 21.0. The van der Waals surface area contributed by atoms with Gasteiger partial charge in [-0.1, -0.05) is 0 Å². The third-order valence-electron chi connectivity index (χ3n) is 5.76. The van der Waals surface area contributed by atoms with E-state index in [4.69, 9.17) is 16.0 Å². The summed E-state index contributed by atoms with van der Waals surface area (Å²) in [5.74, 6) is 1.32. The molecule has 1 amide bonds. The number of hydrogen-bond donors (Lipinski definition) is 5. The maximum absolute atomic E-state index is 11.4. The lowest BCUT2D eigenvalue weighted by Crippen LogP contribution is -2.34. The number of anilines is 3. The smallest absolute Gasteiger partial charge is 0.224 e. The molecule has 0 spiro atoms. The lowest BCUT2D eigenvalue weighted by atomic mass is 10.1. The zero-order valence-corrected chi connectivity index (χ0v) is 17.3. The van der Waals surface area contributed by atoms with Crippen molar-refractivity contribution < 1.29 is 9.53 Å². The van der Waals surface area contributed by atoms with Crippen LogP contribution >= 0.6 is 0 Å². The van der Waals surface area contributed by atoms with Gasteiger partial charge in [-0.05, 0) is 69.5 Å². The molecule has 2 fully saturated rings. The highest BCUT2D eigenvalue weighted by molar-refractivity contribution is 5.77. The molecule has 4 rings (SSSR count). The molecular weight excluding hydrogens is 396 g/mol. The van der Waals surface area contributed by atoms with Gasteiger partial charge in [0, 0.05) is 17.6 Å². The van der Waals surface area contributed by atoms with Crippen LogP contribution in [-0.2, 0) is 4.79 Å². The Kier molecular flexibility index (Phi) is 6.56. The molecule has 164 valence electrons. The second kappa shape index (κ2) is 9.69. The molecule has 1 saturated carbocycles. The summed E-state index contributed by atoms with van der Waals surface area (Å²) >= 11 is 0. The third-order valence-corrected chi connectivity index (χ3v) is 5.76. The van der Waals surface area contributed by atoms with Crippen molar-refractivity contribution in [3.05, 3.63) is 30.5 Å². The molecule has 2 aliphatic rings. The lowest BCUT2D eigenvalue weighted by molar-refractivity contribution is -0.121. The highest BCUT2D eigenvalue weighted by atomic mass is 16.5. The van der Waals surface area contributed by atoms with Crippen molar-refractivity contribution in [2.75, 3.05) is 23.7 Å². The highest BCUT2D eigenvalue weighted by Crippen LogP contribution is 2.30. The number of nitrogens with zero attached hydrogens (tertiary/aromatic N) is 3. The first-order chi connectivity index (χ1) is 15.1. The number of benzene rings is 1. The third kappa shape index (κ3) is 5.46. The molecule has 10 nitrogen and oxygen atoms in total. The van der Waals surface area contributed by atoms with Gasteiger partial charge in [0.15, 0.2) is 5.82 Å². The molecule has 2 heterocycles. The molecule has 31 heavy (non-hydrogen) atoms. The van der Waals surface area contributed by atoms with Gasteiger partial charge in [0.05, 0.1) is 6.20 Å². The molecular formula is C21H28N8O2. The summed E-state index contributed by atoms with van der Waals surface area (Å²) in [7, 11) is 0. The van der Waals surface area contributed by atoms with Crippen molar-refractivity contribution in [2.45, 2.75) is 44.2 Å². The summed E-state index contributed by atoms with van der Waals surface area (Å²) in [6, 6.07) is 7.76. The van der Waals surface area contributed by atoms with Gasteiger partial charge in [0.2, 0.25) is 11.9 Å². The van der Waals surface area contributed by atoms with Crippen molar-refractivity contribution in [3.8, 4) is 5.75 Å². The Hall–Kier alpha value is -3.27. The molecule has 0 unspecified atom stereocenters. The standard InChI is InChI=1S/C21H28N8O2/c22-19(30)13-1-2-15(11-13)27-21-25-12-18(29-23)20(28-21)26-14-3-5-16(6-4-14)31-17-7-9-24-10-8-17/h3-6,12-13,15,17,23-24H,1-2,7-11H2,(H2,22,30)(H2,25,26,27,28)/t13-,15-/m1/s1. The molecule has 0 radical (unpaired) electrons. The second-order valence-corrected chi connectivity index (χ2v) is 8.01. The van der Waals surface area contributed by atoms with Crippen molar-refractivity contribution in [1.29, 1.82) is 5.53 Å². The molecule has 1 aromatic carbocycles. The van der Waals surface area contributed by atoms with Crippen LogP contribution in [0.3, 0.4) is 0 Å². The van der Waals surface area contributed by atoms with E-state index < -0.39 is 0 Å². The van der Waals surface area contributed by atoms with E-state index in [0.29, 0.717) is 23.9 Å². The molecule has 2 atom stereocenters. The van der Waals surface area contributed by atoms with Crippen LogP contribution in [0.5, 0.6) is 5.75 Å². The van der Waals surface area contributed by atoms with Crippen LogP contribution in [0.15, 0.2) is 35.6 Å². The Morgan fingerprint density at radius 2 is 1.97 bits per heavy atom. The Morgan fingerprint density at radius 1 is 1.19 bits per heavy atom. The fourth-order valence-electron chi connectivity index (χ4n) is 4.03. The van der Waals surface area contributed by atoms with Crippen molar-refractivity contribution in [3.63, 3.8) is 0 Å². The van der Waals surface area contributed by atoms with Crippen molar-refractivity contribution in [1.82, 2.24) is 15.3 Å². The average Bonchev–Trinajstić information content (AvgIpc) is 3.25. The van der Waals surface area contributed by atoms with E-state index in [9.17, 15) is 4.79 Å². The topological polar surface area (TPSA) is 150 Å². The summed E-state index contributed by atoms with van der Waals surface area (Å²) in [6.07, 6.45) is 6.03. The first-order valence-corrected chi connectivity index (χ1v) is 10.7. The molecule has 2 aromatic rings. The Morgan fingerprint density at radius 3 is 2.65 bits per heavy atom. The van der Waals surface area contributed by atoms with E-state index in [1.165, 1.54) is 6.20 Å². The number of ether oxygens (including phenoxy) is 1. The number of carbonyl (C=O) groups is 1. The Bertz CT molecular complexity index is 914. The predicted octanol–water partition coefficient (Wildman–Crippen LogP) is 3.08. The van der Waals surface area contributed by atoms with Crippen LogP contribution in [0.1, 0.15) is 32.1 Å². The quantitative estimate of drug-likeness (QED) is 0.409. The van der Waals surface area contributed by atoms with Gasteiger partial charge >= 0.3 is 0 Å². The monoisotopic (exact) mass is 424 g/mol. The largest absolute Gasteiger partial charge is 0.490 e. The zero-order chi connectivity index (χ0) is 21.6. The van der Waals surface area contributed by atoms with Crippen LogP contribution < -0.4 is 26.4 Å². The van der Waals surface area contributed by atoms with Gasteiger partial charge in [-0.3, -0.25) is 4.79 Å². The van der Waals surface area contributed by atoms with Crippen LogP contribution in [0.25, 0.3) is 0 Å². The van der Waals surface area contributed by atoms with E-state index >= 15 is 0 Å². The van der Waals surface area contributed by atoms with Crippen LogP contribution in [0.2, 0.25) is 0 Å². The zero-order valence-electron chi connectivity index (χ0n) is 17.3. The summed E-state index contributed by atoms with van der Waals surface area (Å²) in [5, 5.41) is 13.3. The van der Waals surface area contributed by atoms with E-state index in [1.54, 1.807) is 0 Å². The number of hydrogen-bond acceptors (Lipinski definition) is 9. The summed E-state index contributed by atoms with van der Waals surface area (Å²) in [6.45, 7) is 1.97. The number of rotatable bonds is 8. The number of carbonyl (C=O) groups excluding carboxylic acids is 1. The Labute approximate surface area is 180 Å². The van der Waals surface area contributed by atoms with Crippen molar-refractivity contribution >= 4 is 29.0 Å². The number of aromatic nitrogens is 2. The van der Waals surface area contributed by atoms with E-state index in [1.807, 2.05) is 24.3 Å². The van der Waals surface area contributed by atoms with Gasteiger partial charge in [-0.25, -0.2) is 10.5 Å². The number of piperidine rings is 1. The number of amides is 1. The van der Waals surface area contributed by atoms with Crippen molar-refractivity contribution in [2.24, 2.45) is 16.8 Å². The molecule has 1 aromatic heterocycles. The molecule has 1 aliphatic carbocycles. The molecule has 6 N–H and O–H groups in total. The van der Waals surface area contributed by atoms with E-state index in [-0.39, 0.29) is 24.0 Å². The summed E-state index contributed by atoms with van der Waals surface area (Å²) < 4.78 is 6.04.